The fourth-order valence-electron chi connectivity index (χ4n) is 1.97. The van der Waals surface area contributed by atoms with E-state index in [9.17, 15) is 13.2 Å². The zero-order valence-electron chi connectivity index (χ0n) is 11.2. The summed E-state index contributed by atoms with van der Waals surface area (Å²) in [5.74, 6) is 0.596. The first kappa shape index (κ1) is 14.4. The highest BCUT2D eigenvalue weighted by Gasteiger charge is 2.31. The van der Waals surface area contributed by atoms with Crippen LogP contribution in [-0.2, 0) is 0 Å². The average Bonchev–Trinajstić information content (AvgIpc) is 2.42. The molecule has 7 heteroatoms. The standard InChI is InChI=1S/C13H15F3N4/c1-3-20(8-13(14,15)16)11-9-6-4-5-7-10(9)18-12(17-2)19-11/h4-7H,3,8H2,1-2H3,(H,17,18,19). The number of alkyl halides is 3. The number of fused-ring (bicyclic) bond motifs is 1. The van der Waals surface area contributed by atoms with Crippen molar-refractivity contribution in [2.24, 2.45) is 0 Å². The van der Waals surface area contributed by atoms with Crippen molar-refractivity contribution in [1.82, 2.24) is 9.97 Å². The van der Waals surface area contributed by atoms with Gasteiger partial charge < -0.3 is 10.2 Å². The molecule has 0 amide bonds. The lowest BCUT2D eigenvalue weighted by molar-refractivity contribution is -0.119. The van der Waals surface area contributed by atoms with Crippen LogP contribution in [0.2, 0.25) is 0 Å². The SMILES string of the molecule is CCN(CC(F)(F)F)c1nc(NC)nc2ccccc12. The number of nitrogens with zero attached hydrogens (tertiary/aromatic N) is 3. The lowest BCUT2D eigenvalue weighted by Crippen LogP contribution is -2.35. The summed E-state index contributed by atoms with van der Waals surface area (Å²) in [5.41, 5.74) is 0.613. The van der Waals surface area contributed by atoms with Crippen LogP contribution in [0.3, 0.4) is 0 Å². The highest BCUT2D eigenvalue weighted by atomic mass is 19.4. The lowest BCUT2D eigenvalue weighted by Gasteiger charge is -2.24. The second kappa shape index (κ2) is 5.52. The predicted molar refractivity (Wildman–Crippen MR) is 73.0 cm³/mol. The Bertz CT molecular complexity index is 598. The third kappa shape index (κ3) is 3.09. The molecule has 0 aliphatic carbocycles. The van der Waals surface area contributed by atoms with Crippen LogP contribution >= 0.6 is 0 Å². The number of benzene rings is 1. The molecule has 4 nitrogen and oxygen atoms in total. The van der Waals surface area contributed by atoms with Crippen LogP contribution in [0.4, 0.5) is 24.9 Å². The molecule has 1 heterocycles. The van der Waals surface area contributed by atoms with Gasteiger partial charge in [0.2, 0.25) is 5.95 Å². The Morgan fingerprint density at radius 3 is 2.50 bits per heavy atom. The number of halogens is 3. The maximum atomic E-state index is 12.7. The Morgan fingerprint density at radius 2 is 1.90 bits per heavy atom. The van der Waals surface area contributed by atoms with Gasteiger partial charge in [0, 0.05) is 19.0 Å². The summed E-state index contributed by atoms with van der Waals surface area (Å²) >= 11 is 0. The summed E-state index contributed by atoms with van der Waals surface area (Å²) in [6, 6.07) is 7.03. The molecule has 1 aromatic heterocycles. The molecule has 1 aromatic carbocycles. The van der Waals surface area contributed by atoms with Crippen molar-refractivity contribution in [1.29, 1.82) is 0 Å². The summed E-state index contributed by atoms with van der Waals surface area (Å²) in [6.07, 6.45) is -4.28. The van der Waals surface area contributed by atoms with Gasteiger partial charge in [-0.3, -0.25) is 0 Å². The molecular weight excluding hydrogens is 269 g/mol. The number of para-hydroxylation sites is 1. The second-order valence-corrected chi connectivity index (χ2v) is 4.27. The number of rotatable bonds is 4. The topological polar surface area (TPSA) is 41.1 Å². The number of nitrogens with one attached hydrogen (secondary N) is 1. The molecule has 2 aromatic rings. The van der Waals surface area contributed by atoms with E-state index in [0.717, 1.165) is 0 Å². The molecule has 0 aliphatic heterocycles. The van der Waals surface area contributed by atoms with Gasteiger partial charge in [-0.15, -0.1) is 0 Å². The molecule has 108 valence electrons. The third-order valence-electron chi connectivity index (χ3n) is 2.86. The molecule has 0 saturated heterocycles. The second-order valence-electron chi connectivity index (χ2n) is 4.27. The Labute approximate surface area is 114 Å². The van der Waals surface area contributed by atoms with Gasteiger partial charge in [0.25, 0.3) is 0 Å². The number of aromatic nitrogens is 2. The summed E-state index contributed by atoms with van der Waals surface area (Å²) < 4.78 is 38.0. The smallest absolute Gasteiger partial charge is 0.357 e. The maximum absolute atomic E-state index is 12.7. The Morgan fingerprint density at radius 1 is 1.20 bits per heavy atom. The molecule has 0 fully saturated rings. The number of hydrogen-bond acceptors (Lipinski definition) is 4. The molecule has 0 aliphatic rings. The Kier molecular flexibility index (Phi) is 3.96. The monoisotopic (exact) mass is 284 g/mol. The van der Waals surface area contributed by atoms with E-state index in [1.54, 1.807) is 38.2 Å². The van der Waals surface area contributed by atoms with Crippen LogP contribution < -0.4 is 10.2 Å². The van der Waals surface area contributed by atoms with Crippen molar-refractivity contribution in [3.63, 3.8) is 0 Å². The van der Waals surface area contributed by atoms with Gasteiger partial charge >= 0.3 is 6.18 Å². The maximum Gasteiger partial charge on any atom is 0.405 e. The lowest BCUT2D eigenvalue weighted by atomic mass is 10.2. The third-order valence-corrected chi connectivity index (χ3v) is 2.86. The van der Waals surface area contributed by atoms with Crippen LogP contribution in [-0.4, -0.2) is 36.3 Å². The van der Waals surface area contributed by atoms with Gasteiger partial charge in [-0.05, 0) is 19.1 Å². The molecule has 2 rings (SSSR count). The summed E-state index contributed by atoms with van der Waals surface area (Å²) in [5, 5.41) is 3.38. The molecule has 0 saturated carbocycles. The van der Waals surface area contributed by atoms with E-state index in [2.05, 4.69) is 15.3 Å². The molecule has 0 unspecified atom stereocenters. The van der Waals surface area contributed by atoms with Gasteiger partial charge in [0.05, 0.1) is 5.52 Å². The normalized spacial score (nSPS) is 11.7. The molecule has 0 atom stereocenters. The highest BCUT2D eigenvalue weighted by molar-refractivity contribution is 5.90. The van der Waals surface area contributed by atoms with E-state index in [1.165, 1.54) is 4.90 Å². The minimum absolute atomic E-state index is 0.212. The first-order valence-corrected chi connectivity index (χ1v) is 6.21. The van der Waals surface area contributed by atoms with Crippen molar-refractivity contribution >= 4 is 22.7 Å². The fourth-order valence-corrected chi connectivity index (χ4v) is 1.97. The van der Waals surface area contributed by atoms with Crippen LogP contribution in [0.1, 0.15) is 6.92 Å². The van der Waals surface area contributed by atoms with E-state index >= 15 is 0 Å². The van der Waals surface area contributed by atoms with Crippen molar-refractivity contribution in [3.05, 3.63) is 24.3 Å². The quantitative estimate of drug-likeness (QED) is 0.937. The number of anilines is 2. The van der Waals surface area contributed by atoms with Crippen molar-refractivity contribution in [2.75, 3.05) is 30.4 Å². The average molecular weight is 284 g/mol. The first-order chi connectivity index (χ1) is 9.44. The zero-order valence-corrected chi connectivity index (χ0v) is 11.2. The minimum atomic E-state index is -4.28. The fraction of sp³-hybridized carbons (Fsp3) is 0.385. The Balaban J connectivity index is 2.55. The summed E-state index contributed by atoms with van der Waals surface area (Å²) in [7, 11) is 1.63. The van der Waals surface area contributed by atoms with Crippen molar-refractivity contribution in [2.45, 2.75) is 13.1 Å². The molecule has 0 bridgehead atoms. The largest absolute Gasteiger partial charge is 0.405 e. The van der Waals surface area contributed by atoms with E-state index in [0.29, 0.717) is 22.7 Å². The highest BCUT2D eigenvalue weighted by Crippen LogP contribution is 2.27. The van der Waals surface area contributed by atoms with Crippen LogP contribution in [0.25, 0.3) is 10.9 Å². The summed E-state index contributed by atoms with van der Waals surface area (Å²) in [4.78, 5) is 9.62. The van der Waals surface area contributed by atoms with Gasteiger partial charge in [-0.1, -0.05) is 12.1 Å². The van der Waals surface area contributed by atoms with E-state index < -0.39 is 12.7 Å². The molecule has 20 heavy (non-hydrogen) atoms. The van der Waals surface area contributed by atoms with Crippen LogP contribution in [0, 0.1) is 0 Å². The number of hydrogen-bond donors (Lipinski definition) is 1. The van der Waals surface area contributed by atoms with Gasteiger partial charge in [0.1, 0.15) is 12.4 Å². The van der Waals surface area contributed by atoms with Gasteiger partial charge in [-0.25, -0.2) is 4.98 Å². The van der Waals surface area contributed by atoms with E-state index in [4.69, 9.17) is 0 Å². The molecule has 0 radical (unpaired) electrons. The molecular formula is C13H15F3N4. The van der Waals surface area contributed by atoms with Crippen LogP contribution in [0.5, 0.6) is 0 Å². The molecule has 0 spiro atoms. The van der Waals surface area contributed by atoms with Crippen molar-refractivity contribution in [3.8, 4) is 0 Å². The van der Waals surface area contributed by atoms with Gasteiger partial charge in [-0.2, -0.15) is 18.2 Å². The van der Waals surface area contributed by atoms with E-state index in [-0.39, 0.29) is 6.54 Å². The Hall–Kier alpha value is -2.05. The van der Waals surface area contributed by atoms with Crippen molar-refractivity contribution < 1.29 is 13.2 Å². The zero-order chi connectivity index (χ0) is 14.8. The molecule has 1 N–H and O–H groups in total. The van der Waals surface area contributed by atoms with E-state index in [1.807, 2.05) is 0 Å². The minimum Gasteiger partial charge on any atom is -0.357 e. The van der Waals surface area contributed by atoms with Gasteiger partial charge in [0.15, 0.2) is 0 Å². The first-order valence-electron chi connectivity index (χ1n) is 6.21. The predicted octanol–water partition coefficient (Wildman–Crippen LogP) is 3.06. The van der Waals surface area contributed by atoms with Crippen LogP contribution in [0.15, 0.2) is 24.3 Å². The summed E-state index contributed by atoms with van der Waals surface area (Å²) in [6.45, 7) is 0.846.